The summed E-state index contributed by atoms with van der Waals surface area (Å²) in [6.07, 6.45) is 3.47. The van der Waals surface area contributed by atoms with Gasteiger partial charge in [-0.25, -0.2) is 9.78 Å². The molecule has 2 aromatic carbocycles. The predicted octanol–water partition coefficient (Wildman–Crippen LogP) is 5.30. The topological polar surface area (TPSA) is 54.5 Å². The van der Waals surface area contributed by atoms with Gasteiger partial charge in [-0.1, -0.05) is 54.6 Å². The lowest BCUT2D eigenvalue weighted by Gasteiger charge is -2.24. The quantitative estimate of drug-likeness (QED) is 0.659. The molecule has 4 rings (SSSR count). The van der Waals surface area contributed by atoms with Crippen molar-refractivity contribution in [2.75, 3.05) is 11.9 Å². The number of rotatable bonds is 5. The van der Waals surface area contributed by atoms with E-state index in [4.69, 9.17) is 4.74 Å². The van der Waals surface area contributed by atoms with Crippen LogP contribution >= 0.6 is 0 Å². The van der Waals surface area contributed by atoms with E-state index >= 15 is 0 Å². The van der Waals surface area contributed by atoms with Crippen LogP contribution in [0, 0.1) is 0 Å². The molecule has 0 unspecified atom stereocenters. The Hall–Kier alpha value is -3.34. The third-order valence-electron chi connectivity index (χ3n) is 4.91. The molecule has 1 aromatic heterocycles. The van der Waals surface area contributed by atoms with Crippen LogP contribution in [-0.4, -0.2) is 22.5 Å². The fraction of sp³-hybridized carbons (Fsp3) is 0.217. The van der Waals surface area contributed by atoms with Crippen molar-refractivity contribution in [1.82, 2.24) is 9.88 Å². The summed E-state index contributed by atoms with van der Waals surface area (Å²) in [5.74, 6) is 0.783. The average molecular weight is 373 g/mol. The summed E-state index contributed by atoms with van der Waals surface area (Å²) in [5.41, 5.74) is 3.02. The zero-order chi connectivity index (χ0) is 19.2. The monoisotopic (exact) mass is 373 g/mol. The molecule has 1 aliphatic heterocycles. The molecule has 1 N–H and O–H groups in total. The molecule has 142 valence electrons. The van der Waals surface area contributed by atoms with E-state index < -0.39 is 0 Å². The Labute approximate surface area is 165 Å². The molecule has 2 heterocycles. The van der Waals surface area contributed by atoms with Gasteiger partial charge in [-0.3, -0.25) is 0 Å². The second-order valence-corrected chi connectivity index (χ2v) is 6.86. The Morgan fingerprint density at radius 3 is 2.50 bits per heavy atom. The minimum atomic E-state index is -0.266. The Kier molecular flexibility index (Phi) is 5.52. The van der Waals surface area contributed by atoms with Crippen LogP contribution in [0.15, 0.2) is 79.0 Å². The number of hydrogen-bond acceptors (Lipinski definition) is 4. The van der Waals surface area contributed by atoms with Crippen molar-refractivity contribution in [3.05, 3.63) is 90.1 Å². The van der Waals surface area contributed by atoms with E-state index in [2.05, 4.69) is 10.3 Å². The van der Waals surface area contributed by atoms with Crippen molar-refractivity contribution in [3.8, 4) is 0 Å². The fourth-order valence-corrected chi connectivity index (χ4v) is 3.48. The molecule has 1 aliphatic rings. The smallest absolute Gasteiger partial charge is 0.410 e. The molecule has 5 heteroatoms. The first-order valence-electron chi connectivity index (χ1n) is 9.55. The highest BCUT2D eigenvalue weighted by atomic mass is 16.6. The maximum absolute atomic E-state index is 12.6. The summed E-state index contributed by atoms with van der Waals surface area (Å²) in [7, 11) is 0. The molecule has 1 saturated heterocycles. The van der Waals surface area contributed by atoms with Gasteiger partial charge in [0.05, 0.1) is 6.04 Å². The second-order valence-electron chi connectivity index (χ2n) is 6.86. The summed E-state index contributed by atoms with van der Waals surface area (Å²) in [5, 5.41) is 3.28. The Balaban J connectivity index is 1.39. The number of nitrogens with one attached hydrogen (secondary N) is 1. The molecule has 0 spiro atoms. The number of likely N-dealkylation sites (tertiary alicyclic amines) is 1. The molecule has 28 heavy (non-hydrogen) atoms. The number of carbonyl (C=O) groups excluding carboxylic acids is 1. The summed E-state index contributed by atoms with van der Waals surface area (Å²) < 4.78 is 5.52. The first kappa shape index (κ1) is 18.0. The molecule has 0 radical (unpaired) electrons. The van der Waals surface area contributed by atoms with E-state index in [1.807, 2.05) is 83.9 Å². The zero-order valence-corrected chi connectivity index (χ0v) is 15.6. The number of aromatic nitrogens is 1. The fourth-order valence-electron chi connectivity index (χ4n) is 3.48. The van der Waals surface area contributed by atoms with Crippen molar-refractivity contribution in [2.45, 2.75) is 25.5 Å². The molecule has 0 saturated carbocycles. The van der Waals surface area contributed by atoms with Gasteiger partial charge in [-0.15, -0.1) is 0 Å². The molecule has 3 aromatic rings. The average Bonchev–Trinajstić information content (AvgIpc) is 3.24. The number of nitrogens with zero attached hydrogens (tertiary/aromatic N) is 2. The Morgan fingerprint density at radius 1 is 1.04 bits per heavy atom. The maximum atomic E-state index is 12.6. The van der Waals surface area contributed by atoms with Gasteiger partial charge < -0.3 is 15.0 Å². The number of hydrogen-bond donors (Lipinski definition) is 1. The standard InChI is InChI=1S/C23H23N3O2/c27-23(28-17-18-8-3-1-4-9-18)26-15-7-12-21(26)19-13-14-22(24-16-19)25-20-10-5-2-6-11-20/h1-6,8-11,13-14,16,21H,7,12,15,17H2,(H,24,25)/t21-/m0/s1. The molecule has 1 fully saturated rings. The first-order valence-corrected chi connectivity index (χ1v) is 9.55. The van der Waals surface area contributed by atoms with Gasteiger partial charge in [-0.05, 0) is 42.2 Å². The van der Waals surface area contributed by atoms with E-state index in [9.17, 15) is 4.79 Å². The summed E-state index contributed by atoms with van der Waals surface area (Å²) in [6.45, 7) is 1.00. The van der Waals surface area contributed by atoms with Gasteiger partial charge >= 0.3 is 6.09 Å². The Bertz CT molecular complexity index is 898. The molecular formula is C23H23N3O2. The number of pyridine rings is 1. The predicted molar refractivity (Wildman–Crippen MR) is 109 cm³/mol. The maximum Gasteiger partial charge on any atom is 0.410 e. The van der Waals surface area contributed by atoms with Gasteiger partial charge in [-0.2, -0.15) is 0 Å². The van der Waals surface area contributed by atoms with Gasteiger partial charge in [0.2, 0.25) is 0 Å². The minimum Gasteiger partial charge on any atom is -0.445 e. The van der Waals surface area contributed by atoms with E-state index in [0.29, 0.717) is 13.2 Å². The van der Waals surface area contributed by atoms with Crippen molar-refractivity contribution in [2.24, 2.45) is 0 Å². The zero-order valence-electron chi connectivity index (χ0n) is 15.6. The van der Waals surface area contributed by atoms with Crippen LogP contribution in [0.3, 0.4) is 0 Å². The molecule has 0 aliphatic carbocycles. The molecule has 0 bridgehead atoms. The number of ether oxygens (including phenoxy) is 1. The number of anilines is 2. The third kappa shape index (κ3) is 4.31. The second kappa shape index (κ2) is 8.57. The van der Waals surface area contributed by atoms with Crippen LogP contribution in [0.1, 0.15) is 30.0 Å². The number of amides is 1. The SMILES string of the molecule is O=C(OCc1ccccc1)N1CCC[C@H]1c1ccc(Nc2ccccc2)nc1. The van der Waals surface area contributed by atoms with E-state index in [-0.39, 0.29) is 12.1 Å². The van der Waals surface area contributed by atoms with Crippen LogP contribution in [0.25, 0.3) is 0 Å². The number of para-hydroxylation sites is 1. The minimum absolute atomic E-state index is 0.0153. The van der Waals surface area contributed by atoms with Crippen molar-refractivity contribution < 1.29 is 9.53 Å². The summed E-state index contributed by atoms with van der Waals surface area (Å²) >= 11 is 0. The van der Waals surface area contributed by atoms with Crippen LogP contribution in [0.2, 0.25) is 0 Å². The first-order chi connectivity index (χ1) is 13.8. The molecule has 1 amide bonds. The molecular weight excluding hydrogens is 350 g/mol. The Morgan fingerprint density at radius 2 is 1.79 bits per heavy atom. The van der Waals surface area contributed by atoms with Crippen molar-refractivity contribution in [3.63, 3.8) is 0 Å². The van der Waals surface area contributed by atoms with Gasteiger partial charge in [0.25, 0.3) is 0 Å². The number of carbonyl (C=O) groups is 1. The lowest BCUT2D eigenvalue weighted by atomic mass is 10.1. The number of benzene rings is 2. The van der Waals surface area contributed by atoms with Crippen LogP contribution in [0.5, 0.6) is 0 Å². The summed E-state index contributed by atoms with van der Waals surface area (Å²) in [4.78, 5) is 18.9. The molecule has 1 atom stereocenters. The van der Waals surface area contributed by atoms with Crippen molar-refractivity contribution in [1.29, 1.82) is 0 Å². The highest BCUT2D eigenvalue weighted by Crippen LogP contribution is 2.32. The van der Waals surface area contributed by atoms with E-state index in [0.717, 1.165) is 35.5 Å². The van der Waals surface area contributed by atoms with Crippen molar-refractivity contribution >= 4 is 17.6 Å². The van der Waals surface area contributed by atoms with Crippen LogP contribution < -0.4 is 5.32 Å². The third-order valence-corrected chi connectivity index (χ3v) is 4.91. The highest BCUT2D eigenvalue weighted by molar-refractivity contribution is 5.69. The molecule has 5 nitrogen and oxygen atoms in total. The lowest BCUT2D eigenvalue weighted by Crippen LogP contribution is -2.31. The van der Waals surface area contributed by atoms with Crippen LogP contribution in [-0.2, 0) is 11.3 Å². The van der Waals surface area contributed by atoms with E-state index in [1.165, 1.54) is 0 Å². The van der Waals surface area contributed by atoms with Gasteiger partial charge in [0, 0.05) is 18.4 Å². The summed E-state index contributed by atoms with van der Waals surface area (Å²) in [6, 6.07) is 23.7. The van der Waals surface area contributed by atoms with Gasteiger partial charge in [0.1, 0.15) is 12.4 Å². The lowest BCUT2D eigenvalue weighted by molar-refractivity contribution is 0.0920. The normalized spacial score (nSPS) is 16.0. The van der Waals surface area contributed by atoms with Crippen LogP contribution in [0.4, 0.5) is 16.3 Å². The highest BCUT2D eigenvalue weighted by Gasteiger charge is 2.31. The largest absolute Gasteiger partial charge is 0.445 e. The van der Waals surface area contributed by atoms with Gasteiger partial charge in [0.15, 0.2) is 0 Å². The van der Waals surface area contributed by atoms with E-state index in [1.54, 1.807) is 0 Å².